The van der Waals surface area contributed by atoms with E-state index >= 15 is 0 Å². The Kier molecular flexibility index (Phi) is 4.08. The molecule has 0 radical (unpaired) electrons. The van der Waals surface area contributed by atoms with Crippen LogP contribution in [0.15, 0.2) is 30.5 Å². The van der Waals surface area contributed by atoms with Crippen molar-refractivity contribution in [3.8, 4) is 11.6 Å². The van der Waals surface area contributed by atoms with Gasteiger partial charge in [-0.3, -0.25) is 0 Å². The normalized spacial score (nSPS) is 14.2. The molecule has 1 aliphatic rings. The molecule has 1 aromatic heterocycles. The molecule has 0 spiro atoms. The summed E-state index contributed by atoms with van der Waals surface area (Å²) in [4.78, 5) is 4.25. The molecule has 21 heavy (non-hydrogen) atoms. The summed E-state index contributed by atoms with van der Waals surface area (Å²) in [5, 5.41) is 3.86. The van der Waals surface area contributed by atoms with Gasteiger partial charge in [-0.15, -0.1) is 0 Å². The SMILES string of the molecule is Cc1cc(F)ccc1Oc1ncc(CNC2CC2)cc1Cl. The summed E-state index contributed by atoms with van der Waals surface area (Å²) in [6, 6.07) is 6.83. The average molecular weight is 307 g/mol. The lowest BCUT2D eigenvalue weighted by molar-refractivity contribution is 0.457. The van der Waals surface area contributed by atoms with Gasteiger partial charge in [0, 0.05) is 18.8 Å². The minimum Gasteiger partial charge on any atom is -0.437 e. The van der Waals surface area contributed by atoms with Gasteiger partial charge in [-0.2, -0.15) is 0 Å². The van der Waals surface area contributed by atoms with Gasteiger partial charge < -0.3 is 10.1 Å². The van der Waals surface area contributed by atoms with Crippen LogP contribution in [0.3, 0.4) is 0 Å². The Morgan fingerprint density at radius 2 is 2.19 bits per heavy atom. The third-order valence-corrected chi connectivity index (χ3v) is 3.65. The van der Waals surface area contributed by atoms with Gasteiger partial charge in [0.2, 0.25) is 5.88 Å². The van der Waals surface area contributed by atoms with Crippen molar-refractivity contribution in [3.63, 3.8) is 0 Å². The van der Waals surface area contributed by atoms with Crippen LogP contribution in [-0.4, -0.2) is 11.0 Å². The van der Waals surface area contributed by atoms with Crippen molar-refractivity contribution in [2.45, 2.75) is 32.4 Å². The van der Waals surface area contributed by atoms with E-state index < -0.39 is 0 Å². The van der Waals surface area contributed by atoms with Gasteiger partial charge in [-0.1, -0.05) is 11.6 Å². The second-order valence-electron chi connectivity index (χ2n) is 5.30. The maximum atomic E-state index is 13.1. The van der Waals surface area contributed by atoms with Crippen molar-refractivity contribution in [3.05, 3.63) is 52.4 Å². The van der Waals surface area contributed by atoms with Gasteiger partial charge in [0.1, 0.15) is 16.6 Å². The van der Waals surface area contributed by atoms with Gasteiger partial charge in [0.15, 0.2) is 0 Å². The number of halogens is 2. The molecule has 5 heteroatoms. The van der Waals surface area contributed by atoms with Gasteiger partial charge in [0.05, 0.1) is 0 Å². The highest BCUT2D eigenvalue weighted by atomic mass is 35.5. The minimum absolute atomic E-state index is 0.291. The molecule has 0 bridgehead atoms. The lowest BCUT2D eigenvalue weighted by Crippen LogP contribution is -2.15. The van der Waals surface area contributed by atoms with Crippen molar-refractivity contribution < 1.29 is 9.13 Å². The predicted octanol–water partition coefficient (Wildman–Crippen LogP) is 4.23. The monoisotopic (exact) mass is 306 g/mol. The smallest absolute Gasteiger partial charge is 0.238 e. The summed E-state index contributed by atoms with van der Waals surface area (Å²) in [5.41, 5.74) is 1.72. The van der Waals surface area contributed by atoms with E-state index in [4.69, 9.17) is 16.3 Å². The first-order chi connectivity index (χ1) is 10.1. The molecule has 1 N–H and O–H groups in total. The summed E-state index contributed by atoms with van der Waals surface area (Å²) >= 11 is 6.20. The molecule has 1 fully saturated rings. The van der Waals surface area contributed by atoms with Gasteiger partial charge in [-0.05, 0) is 55.2 Å². The number of rotatable bonds is 5. The third kappa shape index (κ3) is 3.71. The molecule has 0 atom stereocenters. The number of nitrogens with one attached hydrogen (secondary N) is 1. The van der Waals surface area contributed by atoms with E-state index in [1.165, 1.54) is 25.0 Å². The number of hydrogen-bond acceptors (Lipinski definition) is 3. The Morgan fingerprint density at radius 1 is 1.38 bits per heavy atom. The van der Waals surface area contributed by atoms with Crippen LogP contribution in [0.2, 0.25) is 5.02 Å². The molecule has 1 saturated carbocycles. The van der Waals surface area contributed by atoms with Crippen molar-refractivity contribution in [2.75, 3.05) is 0 Å². The van der Waals surface area contributed by atoms with Crippen molar-refractivity contribution in [1.29, 1.82) is 0 Å². The summed E-state index contributed by atoms with van der Waals surface area (Å²) in [5.74, 6) is 0.594. The number of nitrogens with zero attached hydrogens (tertiary/aromatic N) is 1. The second-order valence-corrected chi connectivity index (χ2v) is 5.70. The topological polar surface area (TPSA) is 34.1 Å². The lowest BCUT2D eigenvalue weighted by atomic mass is 10.2. The number of aromatic nitrogens is 1. The zero-order chi connectivity index (χ0) is 14.8. The highest BCUT2D eigenvalue weighted by Gasteiger charge is 2.20. The molecule has 0 saturated heterocycles. The molecule has 0 unspecified atom stereocenters. The number of ether oxygens (including phenoxy) is 1. The molecule has 1 aliphatic carbocycles. The largest absolute Gasteiger partial charge is 0.437 e. The molecule has 1 aromatic carbocycles. The van der Waals surface area contributed by atoms with Gasteiger partial charge >= 0.3 is 0 Å². The highest BCUT2D eigenvalue weighted by molar-refractivity contribution is 6.31. The zero-order valence-electron chi connectivity index (χ0n) is 11.7. The van der Waals surface area contributed by atoms with Crippen LogP contribution < -0.4 is 10.1 Å². The van der Waals surface area contributed by atoms with E-state index in [-0.39, 0.29) is 5.82 Å². The summed E-state index contributed by atoms with van der Waals surface area (Å²) in [7, 11) is 0. The van der Waals surface area contributed by atoms with Gasteiger partial charge in [0.25, 0.3) is 0 Å². The van der Waals surface area contributed by atoms with E-state index in [2.05, 4.69) is 10.3 Å². The van der Waals surface area contributed by atoms with Crippen LogP contribution >= 0.6 is 11.6 Å². The fraction of sp³-hybridized carbons (Fsp3) is 0.312. The fourth-order valence-corrected chi connectivity index (χ4v) is 2.25. The molecule has 3 nitrogen and oxygen atoms in total. The minimum atomic E-state index is -0.291. The Bertz CT molecular complexity index is 659. The molecule has 0 amide bonds. The zero-order valence-corrected chi connectivity index (χ0v) is 12.5. The first kappa shape index (κ1) is 14.3. The molecule has 110 valence electrons. The van der Waals surface area contributed by atoms with E-state index in [0.717, 1.165) is 12.1 Å². The highest BCUT2D eigenvalue weighted by Crippen LogP contribution is 2.30. The molecule has 2 aromatic rings. The van der Waals surface area contributed by atoms with E-state index in [9.17, 15) is 4.39 Å². The maximum absolute atomic E-state index is 13.1. The maximum Gasteiger partial charge on any atom is 0.238 e. The van der Waals surface area contributed by atoms with E-state index in [1.54, 1.807) is 19.2 Å². The summed E-state index contributed by atoms with van der Waals surface area (Å²) < 4.78 is 18.7. The molecular weight excluding hydrogens is 291 g/mol. The van der Waals surface area contributed by atoms with Crippen LogP contribution in [0.25, 0.3) is 0 Å². The first-order valence-corrected chi connectivity index (χ1v) is 7.31. The quantitative estimate of drug-likeness (QED) is 0.897. The Labute approximate surface area is 128 Å². The fourth-order valence-electron chi connectivity index (χ4n) is 2.02. The molecule has 3 rings (SSSR count). The van der Waals surface area contributed by atoms with E-state index in [0.29, 0.717) is 28.3 Å². The van der Waals surface area contributed by atoms with Crippen LogP contribution in [0, 0.1) is 12.7 Å². The Hall–Kier alpha value is -1.65. The Balaban J connectivity index is 1.72. The third-order valence-electron chi connectivity index (χ3n) is 3.38. The Morgan fingerprint density at radius 3 is 2.86 bits per heavy atom. The second kappa shape index (κ2) is 6.00. The number of benzene rings is 1. The first-order valence-electron chi connectivity index (χ1n) is 6.93. The van der Waals surface area contributed by atoms with E-state index in [1.807, 2.05) is 6.07 Å². The van der Waals surface area contributed by atoms with Crippen molar-refractivity contribution in [2.24, 2.45) is 0 Å². The van der Waals surface area contributed by atoms with Crippen LogP contribution in [0.4, 0.5) is 4.39 Å². The molecule has 0 aliphatic heterocycles. The average Bonchev–Trinajstić information content (AvgIpc) is 3.26. The number of hydrogen-bond donors (Lipinski definition) is 1. The molecular formula is C16H16ClFN2O. The lowest BCUT2D eigenvalue weighted by Gasteiger charge is -2.10. The standard InChI is InChI=1S/C16H16ClFN2O/c1-10-6-12(18)2-5-15(10)21-16-14(17)7-11(9-20-16)8-19-13-3-4-13/h2,5-7,9,13,19H,3-4,8H2,1H3. The number of pyridine rings is 1. The van der Waals surface area contributed by atoms with Crippen LogP contribution in [0.1, 0.15) is 24.0 Å². The summed E-state index contributed by atoms with van der Waals surface area (Å²) in [6.45, 7) is 2.54. The van der Waals surface area contributed by atoms with Crippen LogP contribution in [0.5, 0.6) is 11.6 Å². The number of aryl methyl sites for hydroxylation is 1. The molecule has 1 heterocycles. The summed E-state index contributed by atoms with van der Waals surface area (Å²) in [6.07, 6.45) is 4.23. The van der Waals surface area contributed by atoms with Crippen molar-refractivity contribution in [1.82, 2.24) is 10.3 Å². The predicted molar refractivity (Wildman–Crippen MR) is 80.3 cm³/mol. The van der Waals surface area contributed by atoms with Crippen molar-refractivity contribution >= 4 is 11.6 Å². The van der Waals surface area contributed by atoms with Crippen LogP contribution in [-0.2, 0) is 6.54 Å². The van der Waals surface area contributed by atoms with Gasteiger partial charge in [-0.25, -0.2) is 9.37 Å².